The van der Waals surface area contributed by atoms with Gasteiger partial charge in [0.2, 0.25) is 11.6 Å². The number of halogens is 1. The summed E-state index contributed by atoms with van der Waals surface area (Å²) in [5, 5.41) is 10.9. The Morgan fingerprint density at radius 2 is 1.60 bits per heavy atom. The van der Waals surface area contributed by atoms with E-state index in [1.54, 1.807) is 17.6 Å². The molecule has 1 aromatic heterocycles. The number of rotatable bonds is 4. The molecule has 0 aliphatic carbocycles. The van der Waals surface area contributed by atoms with Crippen LogP contribution in [0.1, 0.15) is 5.56 Å². The van der Waals surface area contributed by atoms with E-state index >= 15 is 0 Å². The lowest BCUT2D eigenvalue weighted by Crippen LogP contribution is -3.00. The molecule has 0 atom stereocenters. The molecule has 1 aliphatic rings. The first-order valence-corrected chi connectivity index (χ1v) is 10.0. The zero-order valence-electron chi connectivity index (χ0n) is 15.8. The number of aromatic nitrogens is 1. The number of hydrogen-bond acceptors (Lipinski definition) is 5. The molecule has 3 aromatic carbocycles. The molecule has 5 rings (SSSR count). The molecule has 0 saturated heterocycles. The van der Waals surface area contributed by atoms with Crippen molar-refractivity contribution in [2.24, 2.45) is 10.2 Å². The van der Waals surface area contributed by atoms with Gasteiger partial charge in [-0.3, -0.25) is 4.57 Å². The summed E-state index contributed by atoms with van der Waals surface area (Å²) in [5.41, 5.74) is 4.17. The first-order chi connectivity index (χ1) is 14.4. The van der Waals surface area contributed by atoms with Gasteiger partial charge < -0.3 is 26.5 Å². The molecule has 0 bridgehead atoms. The molecule has 30 heavy (non-hydrogen) atoms. The van der Waals surface area contributed by atoms with Gasteiger partial charge in [-0.05, 0) is 41.5 Å². The largest absolute Gasteiger partial charge is 1.00 e. The lowest BCUT2D eigenvalue weighted by molar-refractivity contribution is -0.00000716. The van der Waals surface area contributed by atoms with Crippen LogP contribution in [0.5, 0.6) is 11.5 Å². The summed E-state index contributed by atoms with van der Waals surface area (Å²) in [4.78, 5) is 0.798. The van der Waals surface area contributed by atoms with Crippen LogP contribution in [0.4, 0.5) is 0 Å². The molecule has 1 aliphatic heterocycles. The Bertz CT molecular complexity index is 1230. The Kier molecular flexibility index (Phi) is 6.11. The Labute approximate surface area is 188 Å². The summed E-state index contributed by atoms with van der Waals surface area (Å²) in [6, 6.07) is 26.2. The molecule has 0 fully saturated rings. The molecule has 5 nitrogen and oxygen atoms in total. The number of thiazole rings is 1. The number of fused-ring (bicyclic) bond motifs is 1. The van der Waals surface area contributed by atoms with E-state index in [2.05, 4.69) is 44.4 Å². The van der Waals surface area contributed by atoms with Gasteiger partial charge >= 0.3 is 0 Å². The molecule has 0 amide bonds. The monoisotopic (exact) mass is 478 g/mol. The van der Waals surface area contributed by atoms with Crippen molar-refractivity contribution in [3.05, 3.63) is 94.6 Å². The van der Waals surface area contributed by atoms with E-state index < -0.39 is 0 Å². The van der Waals surface area contributed by atoms with Crippen molar-refractivity contribution in [2.75, 3.05) is 6.79 Å². The zero-order valence-corrected chi connectivity index (χ0v) is 18.2. The van der Waals surface area contributed by atoms with E-state index in [1.165, 1.54) is 0 Å². The van der Waals surface area contributed by atoms with Crippen molar-refractivity contribution in [1.29, 1.82) is 0 Å². The van der Waals surface area contributed by atoms with E-state index in [1.807, 2.05) is 54.6 Å². The third kappa shape index (κ3) is 4.08. The minimum absolute atomic E-state index is 0. The fourth-order valence-corrected chi connectivity index (χ4v) is 4.02. The fraction of sp³-hybridized carbons (Fsp3) is 0.0435. The van der Waals surface area contributed by atoms with E-state index in [0.29, 0.717) is 0 Å². The topological polar surface area (TPSA) is 48.1 Å². The minimum atomic E-state index is 0. The van der Waals surface area contributed by atoms with Crippen molar-refractivity contribution in [3.63, 3.8) is 0 Å². The molecule has 0 N–H and O–H groups in total. The van der Waals surface area contributed by atoms with Crippen LogP contribution in [0, 0.1) is 0 Å². The molecule has 0 saturated carbocycles. The number of hydrogen-bond donors (Lipinski definition) is 0. The van der Waals surface area contributed by atoms with Crippen LogP contribution in [-0.2, 0) is 0 Å². The van der Waals surface area contributed by atoms with E-state index in [-0.39, 0.29) is 23.8 Å². The SMILES string of the molecule is C(=N\N=c1\scc(-c2ccccc2)n1-c1ccccc1)/c1ccc2c(c1)OCO2.[Br-]. The standard InChI is InChI=1S/C23H17N3O2S.BrH/c1-3-7-18(8-4-1)20-15-29-23(26(20)19-9-5-2-6-10-19)25-24-14-17-11-12-21-22(13-17)28-16-27-21;/h1-15H,16H2;1H/p-1/b24-14+,25-23+;. The maximum Gasteiger partial charge on any atom is 0.231 e. The average Bonchev–Trinajstić information content (AvgIpc) is 3.42. The van der Waals surface area contributed by atoms with Crippen LogP contribution >= 0.6 is 11.3 Å². The lowest BCUT2D eigenvalue weighted by atomic mass is 10.1. The number of benzene rings is 3. The second kappa shape index (κ2) is 9.11. The third-order valence-electron chi connectivity index (χ3n) is 4.54. The van der Waals surface area contributed by atoms with Crippen LogP contribution in [0.2, 0.25) is 0 Å². The van der Waals surface area contributed by atoms with Gasteiger partial charge in [-0.1, -0.05) is 48.5 Å². The van der Waals surface area contributed by atoms with Gasteiger partial charge in [0.1, 0.15) is 0 Å². The molecular weight excluding hydrogens is 462 g/mol. The summed E-state index contributed by atoms with van der Waals surface area (Å²) in [6.45, 7) is 0.259. The molecule has 2 heterocycles. The lowest BCUT2D eigenvalue weighted by Gasteiger charge is -2.08. The predicted molar refractivity (Wildman–Crippen MR) is 115 cm³/mol. The first-order valence-electron chi connectivity index (χ1n) is 9.16. The maximum absolute atomic E-state index is 5.42. The summed E-state index contributed by atoms with van der Waals surface area (Å²) in [6.07, 6.45) is 1.72. The quantitative estimate of drug-likeness (QED) is 0.332. The minimum Gasteiger partial charge on any atom is -1.00 e. The smallest absolute Gasteiger partial charge is 0.231 e. The Morgan fingerprint density at radius 3 is 2.40 bits per heavy atom. The van der Waals surface area contributed by atoms with Crippen molar-refractivity contribution < 1.29 is 26.5 Å². The van der Waals surface area contributed by atoms with Crippen LogP contribution in [0.3, 0.4) is 0 Å². The molecular formula is C23H17BrN3O2S-. The first kappa shape index (κ1) is 20.1. The average molecular weight is 479 g/mol. The van der Waals surface area contributed by atoms with Crippen LogP contribution in [0.15, 0.2) is 94.4 Å². The Hall–Kier alpha value is -3.16. The summed E-state index contributed by atoms with van der Waals surface area (Å²) in [5.74, 6) is 1.49. The summed E-state index contributed by atoms with van der Waals surface area (Å²) >= 11 is 1.56. The normalized spacial score (nSPS) is 12.9. The highest BCUT2D eigenvalue weighted by Gasteiger charge is 2.12. The zero-order chi connectivity index (χ0) is 19.5. The maximum atomic E-state index is 5.42. The molecule has 150 valence electrons. The Balaban J connectivity index is 0.00000218. The highest BCUT2D eigenvalue weighted by atomic mass is 79.9. The van der Waals surface area contributed by atoms with Crippen molar-refractivity contribution >= 4 is 17.6 Å². The van der Waals surface area contributed by atoms with E-state index in [0.717, 1.165) is 38.8 Å². The highest BCUT2D eigenvalue weighted by Crippen LogP contribution is 2.32. The predicted octanol–water partition coefficient (Wildman–Crippen LogP) is 1.87. The van der Waals surface area contributed by atoms with E-state index in [9.17, 15) is 0 Å². The van der Waals surface area contributed by atoms with Gasteiger partial charge in [-0.15, -0.1) is 16.4 Å². The summed E-state index contributed by atoms with van der Waals surface area (Å²) < 4.78 is 12.9. The van der Waals surface area contributed by atoms with Gasteiger partial charge in [-0.25, -0.2) is 0 Å². The van der Waals surface area contributed by atoms with Gasteiger partial charge in [0.25, 0.3) is 0 Å². The third-order valence-corrected chi connectivity index (χ3v) is 5.35. The summed E-state index contributed by atoms with van der Waals surface area (Å²) in [7, 11) is 0. The number of nitrogens with zero attached hydrogens (tertiary/aromatic N) is 3. The number of ether oxygens (including phenoxy) is 2. The highest BCUT2D eigenvalue weighted by molar-refractivity contribution is 7.07. The van der Waals surface area contributed by atoms with Gasteiger partial charge in [0.05, 0.1) is 11.9 Å². The fourth-order valence-electron chi connectivity index (χ4n) is 3.16. The van der Waals surface area contributed by atoms with E-state index in [4.69, 9.17) is 9.47 Å². The number of para-hydroxylation sites is 1. The van der Waals surface area contributed by atoms with Gasteiger partial charge in [0, 0.05) is 11.1 Å². The molecule has 0 radical (unpaired) electrons. The molecule has 7 heteroatoms. The van der Waals surface area contributed by atoms with Crippen molar-refractivity contribution in [2.45, 2.75) is 0 Å². The Morgan fingerprint density at radius 1 is 0.867 bits per heavy atom. The second-order valence-corrected chi connectivity index (χ2v) is 7.23. The molecule has 0 spiro atoms. The van der Waals surface area contributed by atoms with Gasteiger partial charge in [-0.2, -0.15) is 5.10 Å². The molecule has 0 unspecified atom stereocenters. The second-order valence-electron chi connectivity index (χ2n) is 6.40. The van der Waals surface area contributed by atoms with Gasteiger partial charge in [0.15, 0.2) is 11.5 Å². The van der Waals surface area contributed by atoms with Crippen molar-refractivity contribution in [3.8, 4) is 28.4 Å². The van der Waals surface area contributed by atoms with Crippen molar-refractivity contribution in [1.82, 2.24) is 4.57 Å². The van der Waals surface area contributed by atoms with Crippen LogP contribution < -0.4 is 31.3 Å². The van der Waals surface area contributed by atoms with Crippen LogP contribution in [0.25, 0.3) is 16.9 Å². The van der Waals surface area contributed by atoms with Crippen LogP contribution in [-0.4, -0.2) is 17.6 Å². The molecule has 4 aromatic rings.